The number of hydrogen-bond acceptors (Lipinski definition) is 9. The van der Waals surface area contributed by atoms with Gasteiger partial charge < -0.3 is 20.5 Å². The van der Waals surface area contributed by atoms with Gasteiger partial charge >= 0.3 is 0 Å². The molecule has 4 rings (SSSR count). The summed E-state index contributed by atoms with van der Waals surface area (Å²) in [6.07, 6.45) is 5.22. The fraction of sp³-hybridized carbons (Fsp3) is 0.222. The fourth-order valence-electron chi connectivity index (χ4n) is 3.52. The molecule has 9 heteroatoms. The van der Waals surface area contributed by atoms with Crippen molar-refractivity contribution in [2.75, 3.05) is 26.1 Å². The van der Waals surface area contributed by atoms with Gasteiger partial charge in [-0.1, -0.05) is 19.9 Å². The van der Waals surface area contributed by atoms with Crippen molar-refractivity contribution in [3.63, 3.8) is 0 Å². The van der Waals surface area contributed by atoms with Crippen molar-refractivity contribution >= 4 is 34.5 Å². The SMILES string of the molecule is CN=CC(=C(N)COc1cccc(OC)c1)c1cnc2ccc(Nc3cc(C(C)C)cnn3)nc2c1. The molecule has 4 aromatic rings. The Morgan fingerprint density at radius 1 is 1.06 bits per heavy atom. The second-order valence-electron chi connectivity index (χ2n) is 8.41. The number of anilines is 2. The summed E-state index contributed by atoms with van der Waals surface area (Å²) < 4.78 is 11.1. The van der Waals surface area contributed by atoms with Crippen molar-refractivity contribution in [3.05, 3.63) is 77.7 Å². The summed E-state index contributed by atoms with van der Waals surface area (Å²) in [5, 5.41) is 11.5. The normalized spacial score (nSPS) is 12.1. The highest BCUT2D eigenvalue weighted by atomic mass is 16.5. The number of benzene rings is 1. The van der Waals surface area contributed by atoms with E-state index in [0.717, 1.165) is 16.6 Å². The van der Waals surface area contributed by atoms with Gasteiger partial charge in [-0.05, 0) is 47.9 Å². The molecule has 0 aliphatic carbocycles. The lowest BCUT2D eigenvalue weighted by Crippen LogP contribution is -2.13. The molecular weight excluding hydrogens is 454 g/mol. The van der Waals surface area contributed by atoms with Gasteiger partial charge in [0, 0.05) is 36.7 Å². The first-order chi connectivity index (χ1) is 17.5. The van der Waals surface area contributed by atoms with E-state index in [4.69, 9.17) is 20.2 Å². The number of methoxy groups -OCH3 is 1. The topological polar surface area (TPSA) is 120 Å². The first-order valence-electron chi connectivity index (χ1n) is 11.5. The first-order valence-corrected chi connectivity index (χ1v) is 11.5. The molecule has 3 heterocycles. The Balaban J connectivity index is 1.60. The highest BCUT2D eigenvalue weighted by Gasteiger charge is 2.10. The Labute approximate surface area is 210 Å². The second-order valence-corrected chi connectivity index (χ2v) is 8.41. The van der Waals surface area contributed by atoms with Gasteiger partial charge in [-0.2, -0.15) is 5.10 Å². The van der Waals surface area contributed by atoms with E-state index in [1.54, 1.807) is 38.8 Å². The van der Waals surface area contributed by atoms with Crippen LogP contribution in [0.5, 0.6) is 11.5 Å². The predicted molar refractivity (Wildman–Crippen MR) is 143 cm³/mol. The Morgan fingerprint density at radius 3 is 2.67 bits per heavy atom. The number of allylic oxidation sites excluding steroid dienone is 1. The fourth-order valence-corrected chi connectivity index (χ4v) is 3.52. The molecule has 36 heavy (non-hydrogen) atoms. The summed E-state index contributed by atoms with van der Waals surface area (Å²) in [4.78, 5) is 13.5. The number of nitrogens with one attached hydrogen (secondary N) is 1. The van der Waals surface area contributed by atoms with Gasteiger partial charge in [0.15, 0.2) is 5.82 Å². The number of hydrogen-bond donors (Lipinski definition) is 2. The molecule has 0 saturated heterocycles. The van der Waals surface area contributed by atoms with Crippen LogP contribution < -0.4 is 20.5 Å². The van der Waals surface area contributed by atoms with E-state index in [1.165, 1.54) is 0 Å². The van der Waals surface area contributed by atoms with Gasteiger partial charge in [-0.15, -0.1) is 5.10 Å². The maximum atomic E-state index is 6.43. The molecule has 0 bridgehead atoms. The maximum Gasteiger partial charge on any atom is 0.154 e. The summed E-state index contributed by atoms with van der Waals surface area (Å²) in [5.74, 6) is 2.99. The number of aliphatic imine (C=N–C) groups is 1. The van der Waals surface area contributed by atoms with Crippen molar-refractivity contribution in [1.29, 1.82) is 0 Å². The van der Waals surface area contributed by atoms with Gasteiger partial charge in [0.1, 0.15) is 23.9 Å². The van der Waals surface area contributed by atoms with Crippen molar-refractivity contribution in [3.8, 4) is 11.5 Å². The Bertz CT molecular complexity index is 1420. The second kappa shape index (κ2) is 11.3. The number of rotatable bonds is 9. The summed E-state index contributed by atoms with van der Waals surface area (Å²) >= 11 is 0. The van der Waals surface area contributed by atoms with E-state index in [1.807, 2.05) is 42.5 Å². The Morgan fingerprint density at radius 2 is 1.89 bits per heavy atom. The van der Waals surface area contributed by atoms with Crippen LogP contribution in [0.25, 0.3) is 16.6 Å². The standard InChI is InChI=1S/C27H29N7O2/c1-17(2)18-11-27(34-31-14-18)33-26-9-8-24-25(32-26)10-19(13-30-24)22(15-29-3)23(28)16-36-21-7-5-6-20(12-21)35-4/h5-15,17H,16,28H2,1-4H3,(H,32,33,34). The lowest BCUT2D eigenvalue weighted by Gasteiger charge is -2.12. The number of nitrogens with two attached hydrogens (primary N) is 1. The minimum atomic E-state index is 0.173. The van der Waals surface area contributed by atoms with Crippen LogP contribution in [0.3, 0.4) is 0 Å². The quantitative estimate of drug-likeness (QED) is 0.327. The molecule has 0 aliphatic rings. The summed E-state index contributed by atoms with van der Waals surface area (Å²) in [6, 6.07) is 15.0. The van der Waals surface area contributed by atoms with Crippen LogP contribution in [0.1, 0.15) is 30.9 Å². The third-order valence-corrected chi connectivity index (χ3v) is 5.49. The zero-order valence-corrected chi connectivity index (χ0v) is 20.8. The molecule has 0 aliphatic heterocycles. The molecule has 3 aromatic heterocycles. The molecule has 0 spiro atoms. The van der Waals surface area contributed by atoms with E-state index in [-0.39, 0.29) is 6.61 Å². The molecule has 0 saturated carbocycles. The molecule has 1 aromatic carbocycles. The molecule has 3 N–H and O–H groups in total. The van der Waals surface area contributed by atoms with E-state index >= 15 is 0 Å². The van der Waals surface area contributed by atoms with Crippen LogP contribution in [0.4, 0.5) is 11.6 Å². The third-order valence-electron chi connectivity index (χ3n) is 5.49. The molecular formula is C27H29N7O2. The average molecular weight is 484 g/mol. The minimum absolute atomic E-state index is 0.173. The molecule has 0 fully saturated rings. The summed E-state index contributed by atoms with van der Waals surface area (Å²) in [7, 11) is 3.30. The van der Waals surface area contributed by atoms with E-state index in [9.17, 15) is 0 Å². The number of ether oxygens (including phenoxy) is 2. The maximum absolute atomic E-state index is 6.43. The van der Waals surface area contributed by atoms with Crippen LogP contribution in [0, 0.1) is 0 Å². The van der Waals surface area contributed by atoms with Gasteiger partial charge in [0.25, 0.3) is 0 Å². The first kappa shape index (κ1) is 24.6. The van der Waals surface area contributed by atoms with Crippen molar-refractivity contribution in [1.82, 2.24) is 20.2 Å². The zero-order valence-electron chi connectivity index (χ0n) is 20.8. The van der Waals surface area contributed by atoms with Crippen molar-refractivity contribution in [2.45, 2.75) is 19.8 Å². The van der Waals surface area contributed by atoms with Crippen molar-refractivity contribution in [2.24, 2.45) is 10.7 Å². The average Bonchev–Trinajstić information content (AvgIpc) is 2.90. The van der Waals surface area contributed by atoms with Crippen LogP contribution in [0.2, 0.25) is 0 Å². The van der Waals surface area contributed by atoms with Gasteiger partial charge in [-0.25, -0.2) is 4.98 Å². The van der Waals surface area contributed by atoms with Crippen LogP contribution in [-0.2, 0) is 0 Å². The molecule has 0 unspecified atom stereocenters. The highest BCUT2D eigenvalue weighted by molar-refractivity contribution is 6.11. The van der Waals surface area contributed by atoms with Gasteiger partial charge in [-0.3, -0.25) is 9.98 Å². The largest absolute Gasteiger partial charge is 0.497 e. The van der Waals surface area contributed by atoms with E-state index < -0.39 is 0 Å². The smallest absolute Gasteiger partial charge is 0.154 e. The van der Waals surface area contributed by atoms with Gasteiger partial charge in [0.05, 0.1) is 30.0 Å². The molecule has 0 amide bonds. The van der Waals surface area contributed by atoms with Gasteiger partial charge in [0.2, 0.25) is 0 Å². The monoisotopic (exact) mass is 483 g/mol. The van der Waals surface area contributed by atoms with E-state index in [2.05, 4.69) is 39.3 Å². The Hall–Kier alpha value is -4.53. The lowest BCUT2D eigenvalue weighted by atomic mass is 10.1. The lowest BCUT2D eigenvalue weighted by molar-refractivity contribution is 0.346. The number of aromatic nitrogens is 4. The number of nitrogens with zero attached hydrogens (tertiary/aromatic N) is 5. The summed E-state index contributed by atoms with van der Waals surface area (Å²) in [5.41, 5.74) is 11.0. The molecule has 184 valence electrons. The van der Waals surface area contributed by atoms with Crippen LogP contribution >= 0.6 is 0 Å². The number of pyridine rings is 2. The summed E-state index contributed by atoms with van der Waals surface area (Å²) in [6.45, 7) is 4.40. The van der Waals surface area contributed by atoms with E-state index in [0.29, 0.717) is 45.8 Å². The zero-order chi connectivity index (χ0) is 25.5. The third kappa shape index (κ3) is 5.93. The predicted octanol–water partition coefficient (Wildman–Crippen LogP) is 4.74. The Kier molecular flexibility index (Phi) is 7.69. The minimum Gasteiger partial charge on any atom is -0.497 e. The highest BCUT2D eigenvalue weighted by Crippen LogP contribution is 2.24. The van der Waals surface area contributed by atoms with Crippen LogP contribution in [-0.4, -0.2) is 47.1 Å². The van der Waals surface area contributed by atoms with Crippen LogP contribution in [0.15, 0.2) is 71.6 Å². The molecule has 0 atom stereocenters. The molecule has 0 radical (unpaired) electrons. The van der Waals surface area contributed by atoms with Crippen molar-refractivity contribution < 1.29 is 9.47 Å². The molecule has 9 nitrogen and oxygen atoms in total. The number of fused-ring (bicyclic) bond motifs is 1.